The first-order valence-electron chi connectivity index (χ1n) is 6.23. The third-order valence-corrected chi connectivity index (χ3v) is 3.19. The Bertz CT molecular complexity index is 638. The van der Waals surface area contributed by atoms with Gasteiger partial charge in [-0.15, -0.1) is 0 Å². The quantitative estimate of drug-likeness (QED) is 0.896. The van der Waals surface area contributed by atoms with Crippen LogP contribution in [0.1, 0.15) is 21.5 Å². The number of ether oxygens (including phenoxy) is 1. The fourth-order valence-corrected chi connectivity index (χ4v) is 2.12. The average Bonchev–Trinajstić information content (AvgIpc) is 2.88. The summed E-state index contributed by atoms with van der Waals surface area (Å²) in [5.74, 6) is 1.34. The standard InChI is InChI=1S/C15H14N2O2/c1-10-3-2-7-16-14(10)17-15(18)12-4-5-13-11(9-12)6-8-19-13/h2-5,7,9H,6,8H2,1H3,(H,16,17,18). The number of hydrogen-bond donors (Lipinski definition) is 1. The number of aryl methyl sites for hydroxylation is 1. The minimum absolute atomic E-state index is 0.142. The Kier molecular flexibility index (Phi) is 2.91. The number of nitrogens with zero attached hydrogens (tertiary/aromatic N) is 1. The van der Waals surface area contributed by atoms with Gasteiger partial charge >= 0.3 is 0 Å². The summed E-state index contributed by atoms with van der Waals surface area (Å²) in [5.41, 5.74) is 2.67. The first-order chi connectivity index (χ1) is 9.24. The van der Waals surface area contributed by atoms with E-state index in [0.29, 0.717) is 18.0 Å². The number of pyridine rings is 1. The smallest absolute Gasteiger partial charge is 0.256 e. The molecule has 1 aromatic carbocycles. The molecule has 0 saturated heterocycles. The van der Waals surface area contributed by atoms with Crippen molar-refractivity contribution in [3.63, 3.8) is 0 Å². The van der Waals surface area contributed by atoms with Crippen molar-refractivity contribution in [3.05, 3.63) is 53.2 Å². The van der Waals surface area contributed by atoms with Crippen LogP contribution in [0.5, 0.6) is 5.75 Å². The van der Waals surface area contributed by atoms with Crippen LogP contribution in [0.25, 0.3) is 0 Å². The highest BCUT2D eigenvalue weighted by Gasteiger charge is 2.15. The van der Waals surface area contributed by atoms with E-state index in [0.717, 1.165) is 23.3 Å². The van der Waals surface area contributed by atoms with Gasteiger partial charge in [-0.2, -0.15) is 0 Å². The Hall–Kier alpha value is -2.36. The summed E-state index contributed by atoms with van der Waals surface area (Å²) in [4.78, 5) is 16.3. The molecular formula is C15H14N2O2. The number of carbonyl (C=O) groups is 1. The topological polar surface area (TPSA) is 51.2 Å². The number of carbonyl (C=O) groups excluding carboxylic acids is 1. The monoisotopic (exact) mass is 254 g/mol. The second-order valence-electron chi connectivity index (χ2n) is 4.54. The number of anilines is 1. The van der Waals surface area contributed by atoms with Crippen LogP contribution in [0.15, 0.2) is 36.5 Å². The molecule has 96 valence electrons. The lowest BCUT2D eigenvalue weighted by Gasteiger charge is -2.07. The Balaban J connectivity index is 1.83. The van der Waals surface area contributed by atoms with Crippen LogP contribution in [0.3, 0.4) is 0 Å². The molecular weight excluding hydrogens is 240 g/mol. The molecule has 2 aromatic rings. The summed E-state index contributed by atoms with van der Waals surface area (Å²) < 4.78 is 5.43. The number of rotatable bonds is 2. The highest BCUT2D eigenvalue weighted by atomic mass is 16.5. The Morgan fingerprint density at radius 1 is 1.37 bits per heavy atom. The van der Waals surface area contributed by atoms with Crippen LogP contribution in [-0.2, 0) is 6.42 Å². The van der Waals surface area contributed by atoms with E-state index in [-0.39, 0.29) is 5.91 Å². The number of nitrogens with one attached hydrogen (secondary N) is 1. The minimum atomic E-state index is -0.142. The summed E-state index contributed by atoms with van der Waals surface area (Å²) in [6.07, 6.45) is 2.53. The molecule has 4 nitrogen and oxygen atoms in total. The first-order valence-corrected chi connectivity index (χ1v) is 6.23. The highest BCUT2D eigenvalue weighted by Crippen LogP contribution is 2.26. The zero-order valence-corrected chi connectivity index (χ0v) is 10.6. The van der Waals surface area contributed by atoms with Gasteiger partial charge in [0.1, 0.15) is 11.6 Å². The van der Waals surface area contributed by atoms with Gasteiger partial charge in [-0.3, -0.25) is 4.79 Å². The molecule has 0 unspecified atom stereocenters. The van der Waals surface area contributed by atoms with Gasteiger partial charge in [-0.05, 0) is 42.3 Å². The maximum Gasteiger partial charge on any atom is 0.256 e. The van der Waals surface area contributed by atoms with E-state index < -0.39 is 0 Å². The van der Waals surface area contributed by atoms with E-state index in [1.165, 1.54) is 0 Å². The summed E-state index contributed by atoms with van der Waals surface area (Å²) in [6.45, 7) is 2.61. The summed E-state index contributed by atoms with van der Waals surface area (Å²) >= 11 is 0. The Morgan fingerprint density at radius 3 is 3.11 bits per heavy atom. The molecule has 0 fully saturated rings. The van der Waals surface area contributed by atoms with Gasteiger partial charge < -0.3 is 10.1 Å². The molecule has 3 rings (SSSR count). The van der Waals surface area contributed by atoms with Crippen molar-refractivity contribution in [3.8, 4) is 5.75 Å². The van der Waals surface area contributed by atoms with E-state index in [2.05, 4.69) is 10.3 Å². The fraction of sp³-hybridized carbons (Fsp3) is 0.200. The summed E-state index contributed by atoms with van der Waals surface area (Å²) in [5, 5.41) is 2.83. The van der Waals surface area contributed by atoms with Gasteiger partial charge in [0, 0.05) is 18.2 Å². The van der Waals surface area contributed by atoms with Crippen LogP contribution in [0, 0.1) is 6.92 Å². The van der Waals surface area contributed by atoms with Gasteiger partial charge in [0.15, 0.2) is 0 Å². The molecule has 0 aliphatic carbocycles. The summed E-state index contributed by atoms with van der Waals surface area (Å²) in [6, 6.07) is 9.27. The first kappa shape index (κ1) is 11.7. The summed E-state index contributed by atoms with van der Waals surface area (Å²) in [7, 11) is 0. The van der Waals surface area contributed by atoms with Crippen LogP contribution < -0.4 is 10.1 Å². The molecule has 4 heteroatoms. The normalized spacial score (nSPS) is 12.7. The maximum absolute atomic E-state index is 12.2. The lowest BCUT2D eigenvalue weighted by atomic mass is 10.1. The second kappa shape index (κ2) is 4.72. The van der Waals surface area contributed by atoms with Crippen molar-refractivity contribution in [2.24, 2.45) is 0 Å². The van der Waals surface area contributed by atoms with Crippen molar-refractivity contribution in [2.75, 3.05) is 11.9 Å². The largest absolute Gasteiger partial charge is 0.493 e. The van der Waals surface area contributed by atoms with Crippen molar-refractivity contribution in [1.29, 1.82) is 0 Å². The highest BCUT2D eigenvalue weighted by molar-refractivity contribution is 6.04. The average molecular weight is 254 g/mol. The third-order valence-electron chi connectivity index (χ3n) is 3.19. The predicted molar refractivity (Wildman–Crippen MR) is 72.6 cm³/mol. The second-order valence-corrected chi connectivity index (χ2v) is 4.54. The molecule has 19 heavy (non-hydrogen) atoms. The maximum atomic E-state index is 12.2. The Labute approximate surface area is 111 Å². The van der Waals surface area contributed by atoms with Crippen LogP contribution >= 0.6 is 0 Å². The van der Waals surface area contributed by atoms with E-state index in [1.807, 2.05) is 31.2 Å². The molecule has 0 saturated carbocycles. The van der Waals surface area contributed by atoms with E-state index >= 15 is 0 Å². The number of hydrogen-bond acceptors (Lipinski definition) is 3. The molecule has 1 aliphatic rings. The van der Waals surface area contributed by atoms with Crippen LogP contribution in [0.4, 0.5) is 5.82 Å². The number of amides is 1. The van der Waals surface area contributed by atoms with Crippen molar-refractivity contribution >= 4 is 11.7 Å². The number of fused-ring (bicyclic) bond motifs is 1. The van der Waals surface area contributed by atoms with Crippen molar-refractivity contribution in [1.82, 2.24) is 4.98 Å². The molecule has 0 spiro atoms. The Morgan fingerprint density at radius 2 is 2.26 bits per heavy atom. The van der Waals surface area contributed by atoms with Gasteiger partial charge in [0.25, 0.3) is 5.91 Å². The van der Waals surface area contributed by atoms with E-state index in [9.17, 15) is 4.79 Å². The molecule has 0 radical (unpaired) electrons. The zero-order valence-electron chi connectivity index (χ0n) is 10.6. The number of aromatic nitrogens is 1. The van der Waals surface area contributed by atoms with Crippen LogP contribution in [-0.4, -0.2) is 17.5 Å². The zero-order chi connectivity index (χ0) is 13.2. The lowest BCUT2D eigenvalue weighted by Crippen LogP contribution is -2.14. The van der Waals surface area contributed by atoms with Crippen molar-refractivity contribution in [2.45, 2.75) is 13.3 Å². The lowest BCUT2D eigenvalue weighted by molar-refractivity contribution is 0.102. The fourth-order valence-electron chi connectivity index (χ4n) is 2.12. The number of benzene rings is 1. The molecule has 0 atom stereocenters. The van der Waals surface area contributed by atoms with Gasteiger partial charge in [0.2, 0.25) is 0 Å². The van der Waals surface area contributed by atoms with Crippen molar-refractivity contribution < 1.29 is 9.53 Å². The van der Waals surface area contributed by atoms with Gasteiger partial charge in [-0.1, -0.05) is 6.07 Å². The minimum Gasteiger partial charge on any atom is -0.493 e. The molecule has 1 N–H and O–H groups in total. The molecule has 2 heterocycles. The molecule has 0 bridgehead atoms. The van der Waals surface area contributed by atoms with E-state index in [1.54, 1.807) is 12.3 Å². The SMILES string of the molecule is Cc1cccnc1NC(=O)c1ccc2c(c1)CCO2. The molecule has 1 amide bonds. The van der Waals surface area contributed by atoms with E-state index in [4.69, 9.17) is 4.74 Å². The third kappa shape index (κ3) is 2.29. The van der Waals surface area contributed by atoms with Gasteiger partial charge in [0.05, 0.1) is 6.61 Å². The predicted octanol–water partition coefficient (Wildman–Crippen LogP) is 2.58. The molecule has 1 aliphatic heterocycles. The molecule has 1 aromatic heterocycles. The van der Waals surface area contributed by atoms with Crippen LogP contribution in [0.2, 0.25) is 0 Å². The van der Waals surface area contributed by atoms with Gasteiger partial charge in [-0.25, -0.2) is 4.98 Å².